The van der Waals surface area contributed by atoms with E-state index in [0.29, 0.717) is 0 Å². The number of hydrogen-bond donors (Lipinski definition) is 0. The van der Waals surface area contributed by atoms with Crippen molar-refractivity contribution in [2.24, 2.45) is 0 Å². The zero-order chi connectivity index (χ0) is 16.7. The van der Waals surface area contributed by atoms with Crippen molar-refractivity contribution in [2.75, 3.05) is 73.5 Å². The van der Waals surface area contributed by atoms with Crippen molar-refractivity contribution in [3.05, 3.63) is 34.9 Å². The molecule has 0 aliphatic carbocycles. The summed E-state index contributed by atoms with van der Waals surface area (Å²) in [7, 11) is 6.68. The molecule has 4 nitrogen and oxygen atoms in total. The zero-order valence-electron chi connectivity index (χ0n) is 14.8. The fourth-order valence-electron chi connectivity index (χ4n) is 2.76. The molecular weight excluding hydrogens is 308 g/mol. The van der Waals surface area contributed by atoms with Gasteiger partial charge < -0.3 is 14.7 Å². The van der Waals surface area contributed by atoms with E-state index in [1.807, 2.05) is 12.1 Å². The summed E-state index contributed by atoms with van der Waals surface area (Å²) >= 11 is 5.99. The third-order valence-corrected chi connectivity index (χ3v) is 4.89. The predicted molar refractivity (Wildman–Crippen MR) is 99.2 cm³/mol. The highest BCUT2D eigenvalue weighted by atomic mass is 35.5. The standard InChI is InChI=1S/C18H31ClN4/c1-20-8-10-21(2)12-14-23(15-13-22(3)11-9-20)16-17-4-6-18(19)7-5-17/h4-7H,8-16H2,1-3H3. The van der Waals surface area contributed by atoms with Crippen molar-refractivity contribution >= 4 is 11.6 Å². The molecule has 0 bridgehead atoms. The van der Waals surface area contributed by atoms with E-state index in [2.05, 4.69) is 52.9 Å². The van der Waals surface area contributed by atoms with Gasteiger partial charge in [0.1, 0.15) is 0 Å². The maximum absolute atomic E-state index is 5.99. The third-order valence-electron chi connectivity index (χ3n) is 4.64. The molecule has 0 spiro atoms. The molecule has 0 N–H and O–H groups in total. The topological polar surface area (TPSA) is 13.0 Å². The van der Waals surface area contributed by atoms with Crippen LogP contribution in [-0.2, 0) is 6.54 Å². The second-order valence-electron chi connectivity index (χ2n) is 6.81. The molecule has 5 heteroatoms. The third kappa shape index (κ3) is 7.19. The van der Waals surface area contributed by atoms with Gasteiger partial charge in [0, 0.05) is 63.9 Å². The normalized spacial score (nSPS) is 21.7. The maximum Gasteiger partial charge on any atom is 0.0406 e. The summed E-state index contributed by atoms with van der Waals surface area (Å²) in [5.41, 5.74) is 1.34. The molecule has 1 fully saturated rings. The van der Waals surface area contributed by atoms with Gasteiger partial charge >= 0.3 is 0 Å². The van der Waals surface area contributed by atoms with E-state index < -0.39 is 0 Å². The number of halogens is 1. The van der Waals surface area contributed by atoms with Gasteiger partial charge in [-0.1, -0.05) is 23.7 Å². The molecule has 1 aliphatic rings. The largest absolute Gasteiger partial charge is 0.304 e. The van der Waals surface area contributed by atoms with Crippen LogP contribution in [0, 0.1) is 0 Å². The summed E-state index contributed by atoms with van der Waals surface area (Å²) in [5, 5.41) is 0.811. The van der Waals surface area contributed by atoms with Crippen LogP contribution < -0.4 is 0 Å². The number of rotatable bonds is 2. The lowest BCUT2D eigenvalue weighted by Gasteiger charge is -2.30. The Kier molecular flexibility index (Phi) is 7.80. The highest BCUT2D eigenvalue weighted by Crippen LogP contribution is 2.11. The van der Waals surface area contributed by atoms with Crippen LogP contribution in [0.1, 0.15) is 5.56 Å². The Morgan fingerprint density at radius 2 is 1.09 bits per heavy atom. The molecule has 0 saturated carbocycles. The van der Waals surface area contributed by atoms with Crippen LogP contribution in [0.15, 0.2) is 24.3 Å². The molecule has 1 aliphatic heterocycles. The highest BCUT2D eigenvalue weighted by Gasteiger charge is 2.12. The zero-order valence-corrected chi connectivity index (χ0v) is 15.6. The average Bonchev–Trinajstić information content (AvgIpc) is 2.54. The molecule has 1 saturated heterocycles. The molecule has 1 heterocycles. The van der Waals surface area contributed by atoms with Gasteiger partial charge in [0.2, 0.25) is 0 Å². The molecule has 1 aromatic rings. The van der Waals surface area contributed by atoms with Crippen LogP contribution in [-0.4, -0.2) is 93.1 Å². The Hall–Kier alpha value is -0.650. The summed E-state index contributed by atoms with van der Waals surface area (Å²) in [6.45, 7) is 10.00. The minimum absolute atomic E-state index is 0.811. The smallest absolute Gasteiger partial charge is 0.0406 e. The summed E-state index contributed by atoms with van der Waals surface area (Å²) in [5.74, 6) is 0. The first-order chi connectivity index (χ1) is 11.0. The molecule has 0 aromatic heterocycles. The quantitative estimate of drug-likeness (QED) is 0.817. The number of hydrogen-bond acceptors (Lipinski definition) is 4. The molecule has 0 atom stereocenters. The molecule has 0 radical (unpaired) electrons. The van der Waals surface area contributed by atoms with Gasteiger partial charge in [0.15, 0.2) is 0 Å². The van der Waals surface area contributed by atoms with Crippen LogP contribution in [0.4, 0.5) is 0 Å². The second kappa shape index (κ2) is 9.60. The molecule has 130 valence electrons. The minimum Gasteiger partial charge on any atom is -0.304 e. The van der Waals surface area contributed by atoms with Crippen molar-refractivity contribution in [3.8, 4) is 0 Å². The van der Waals surface area contributed by atoms with Crippen LogP contribution in [0.2, 0.25) is 5.02 Å². The van der Waals surface area contributed by atoms with Gasteiger partial charge in [0.25, 0.3) is 0 Å². The Morgan fingerprint density at radius 3 is 1.52 bits per heavy atom. The first-order valence-electron chi connectivity index (χ1n) is 8.55. The molecule has 0 unspecified atom stereocenters. The lowest BCUT2D eigenvalue weighted by Crippen LogP contribution is -2.43. The van der Waals surface area contributed by atoms with Crippen molar-refractivity contribution in [3.63, 3.8) is 0 Å². The Balaban J connectivity index is 1.94. The van der Waals surface area contributed by atoms with Crippen molar-refractivity contribution in [1.29, 1.82) is 0 Å². The Bertz CT molecular complexity index is 433. The van der Waals surface area contributed by atoms with E-state index in [4.69, 9.17) is 11.6 Å². The maximum atomic E-state index is 5.99. The summed E-state index contributed by atoms with van der Waals surface area (Å²) < 4.78 is 0. The summed E-state index contributed by atoms with van der Waals surface area (Å²) in [6.07, 6.45) is 0. The molecule has 23 heavy (non-hydrogen) atoms. The molecular formula is C18H31ClN4. The molecule has 2 rings (SSSR count). The van der Waals surface area contributed by atoms with E-state index in [1.54, 1.807) is 0 Å². The number of likely N-dealkylation sites (N-methyl/N-ethyl adjacent to an activating group) is 3. The van der Waals surface area contributed by atoms with Crippen molar-refractivity contribution < 1.29 is 0 Å². The highest BCUT2D eigenvalue weighted by molar-refractivity contribution is 6.30. The number of nitrogens with zero attached hydrogens (tertiary/aromatic N) is 4. The van der Waals surface area contributed by atoms with Gasteiger partial charge in [-0.3, -0.25) is 4.90 Å². The Labute approximate surface area is 146 Å². The average molecular weight is 339 g/mol. The van der Waals surface area contributed by atoms with E-state index in [-0.39, 0.29) is 0 Å². The minimum atomic E-state index is 0.811. The van der Waals surface area contributed by atoms with E-state index >= 15 is 0 Å². The first kappa shape index (κ1) is 18.7. The van der Waals surface area contributed by atoms with Crippen LogP contribution in [0.25, 0.3) is 0 Å². The SMILES string of the molecule is CN1CCN(C)CCN(Cc2ccc(Cl)cc2)CCN(C)CC1. The van der Waals surface area contributed by atoms with Gasteiger partial charge in [-0.2, -0.15) is 0 Å². The van der Waals surface area contributed by atoms with Gasteiger partial charge in [-0.15, -0.1) is 0 Å². The van der Waals surface area contributed by atoms with E-state index in [9.17, 15) is 0 Å². The summed E-state index contributed by atoms with van der Waals surface area (Å²) in [6, 6.07) is 8.25. The lowest BCUT2D eigenvalue weighted by atomic mass is 10.2. The van der Waals surface area contributed by atoms with Gasteiger partial charge in [-0.25, -0.2) is 0 Å². The lowest BCUT2D eigenvalue weighted by molar-refractivity contribution is 0.162. The van der Waals surface area contributed by atoms with Crippen LogP contribution in [0.3, 0.4) is 0 Å². The fraction of sp³-hybridized carbons (Fsp3) is 0.667. The van der Waals surface area contributed by atoms with Crippen molar-refractivity contribution in [2.45, 2.75) is 6.54 Å². The second-order valence-corrected chi connectivity index (χ2v) is 7.25. The first-order valence-corrected chi connectivity index (χ1v) is 8.93. The van der Waals surface area contributed by atoms with Gasteiger partial charge in [0.05, 0.1) is 0 Å². The van der Waals surface area contributed by atoms with Gasteiger partial charge in [-0.05, 0) is 38.8 Å². The molecule has 1 aromatic carbocycles. The monoisotopic (exact) mass is 338 g/mol. The van der Waals surface area contributed by atoms with Crippen molar-refractivity contribution in [1.82, 2.24) is 19.6 Å². The fourth-order valence-corrected chi connectivity index (χ4v) is 2.89. The van der Waals surface area contributed by atoms with E-state index in [1.165, 1.54) is 5.56 Å². The Morgan fingerprint density at radius 1 is 0.696 bits per heavy atom. The van der Waals surface area contributed by atoms with Crippen LogP contribution in [0.5, 0.6) is 0 Å². The summed E-state index contributed by atoms with van der Waals surface area (Å²) in [4.78, 5) is 9.87. The van der Waals surface area contributed by atoms with Crippen LogP contribution >= 0.6 is 11.6 Å². The number of benzene rings is 1. The molecule has 0 amide bonds. The van der Waals surface area contributed by atoms with E-state index in [0.717, 1.165) is 63.9 Å². The predicted octanol–water partition coefficient (Wildman–Crippen LogP) is 1.95.